The molecule has 4 heteroatoms. The summed E-state index contributed by atoms with van der Waals surface area (Å²) in [7, 11) is 0. The third-order valence-corrected chi connectivity index (χ3v) is 4.67. The lowest BCUT2D eigenvalue weighted by atomic mass is 10.0. The summed E-state index contributed by atoms with van der Waals surface area (Å²) < 4.78 is 1.01. The number of nitrogens with zero attached hydrogens (tertiary/aromatic N) is 2. The van der Waals surface area contributed by atoms with Crippen molar-refractivity contribution in [2.24, 2.45) is 0 Å². The summed E-state index contributed by atoms with van der Waals surface area (Å²) in [6, 6.07) is 27.9. The molecule has 0 saturated carbocycles. The fourth-order valence-electron chi connectivity index (χ4n) is 2.83. The number of hydrogen-bond acceptors (Lipinski definition) is 3. The Kier molecular flexibility index (Phi) is 4.50. The molecule has 0 spiro atoms. The molecule has 0 unspecified atom stereocenters. The Balaban J connectivity index is 1.97. The Morgan fingerprint density at radius 2 is 1.04 bits per heavy atom. The molecule has 3 aromatic carbocycles. The van der Waals surface area contributed by atoms with Crippen molar-refractivity contribution >= 4 is 21.6 Å². The minimum Gasteiger partial charge on any atom is -0.395 e. The number of aromatic nitrogens is 2. The standard InChI is InChI=1S/C22H16BrN3/c23-18-13-11-16(12-14-18)21-19(24)20(15-7-3-1-4-8-15)25-22(26-21)17-9-5-2-6-10-17/h1-14H,24H2. The topological polar surface area (TPSA) is 51.8 Å². The fraction of sp³-hybridized carbons (Fsp3) is 0. The van der Waals surface area contributed by atoms with Crippen LogP contribution in [0.2, 0.25) is 0 Å². The first kappa shape index (κ1) is 16.5. The van der Waals surface area contributed by atoms with E-state index in [-0.39, 0.29) is 0 Å². The number of halogens is 1. The Morgan fingerprint density at radius 3 is 1.58 bits per heavy atom. The highest BCUT2D eigenvalue weighted by molar-refractivity contribution is 9.10. The monoisotopic (exact) mass is 401 g/mol. The SMILES string of the molecule is Nc1c(-c2ccccc2)nc(-c2ccccc2)nc1-c1ccc(Br)cc1. The minimum absolute atomic E-state index is 0.582. The highest BCUT2D eigenvalue weighted by Gasteiger charge is 2.16. The third-order valence-electron chi connectivity index (χ3n) is 4.14. The van der Waals surface area contributed by atoms with E-state index < -0.39 is 0 Å². The third kappa shape index (κ3) is 3.24. The van der Waals surface area contributed by atoms with Crippen molar-refractivity contribution in [1.82, 2.24) is 9.97 Å². The summed E-state index contributed by atoms with van der Waals surface area (Å²) in [5.74, 6) is 0.663. The molecule has 0 amide bonds. The Labute approximate surface area is 160 Å². The van der Waals surface area contributed by atoms with E-state index in [0.29, 0.717) is 11.5 Å². The molecule has 1 heterocycles. The largest absolute Gasteiger partial charge is 0.395 e. The molecule has 0 atom stereocenters. The van der Waals surface area contributed by atoms with Crippen molar-refractivity contribution in [1.29, 1.82) is 0 Å². The lowest BCUT2D eigenvalue weighted by molar-refractivity contribution is 1.19. The van der Waals surface area contributed by atoms with Crippen LogP contribution in [-0.2, 0) is 0 Å². The quantitative estimate of drug-likeness (QED) is 0.470. The van der Waals surface area contributed by atoms with Gasteiger partial charge >= 0.3 is 0 Å². The summed E-state index contributed by atoms with van der Waals surface area (Å²) in [6.07, 6.45) is 0. The van der Waals surface area contributed by atoms with Crippen LogP contribution in [-0.4, -0.2) is 9.97 Å². The van der Waals surface area contributed by atoms with Gasteiger partial charge in [0, 0.05) is 21.2 Å². The van der Waals surface area contributed by atoms with Crippen LogP contribution in [0.25, 0.3) is 33.9 Å². The molecule has 0 radical (unpaired) electrons. The Hall–Kier alpha value is -2.98. The zero-order chi connectivity index (χ0) is 17.9. The molecule has 1 aromatic heterocycles. The number of benzene rings is 3. The fourth-order valence-corrected chi connectivity index (χ4v) is 3.09. The van der Waals surface area contributed by atoms with Crippen LogP contribution in [0, 0.1) is 0 Å². The van der Waals surface area contributed by atoms with E-state index in [2.05, 4.69) is 15.9 Å². The highest BCUT2D eigenvalue weighted by atomic mass is 79.9. The van der Waals surface area contributed by atoms with Crippen molar-refractivity contribution < 1.29 is 0 Å². The molecule has 4 rings (SSSR count). The van der Waals surface area contributed by atoms with E-state index >= 15 is 0 Å². The van der Waals surface area contributed by atoms with Gasteiger partial charge in [0.25, 0.3) is 0 Å². The van der Waals surface area contributed by atoms with E-state index in [1.165, 1.54) is 0 Å². The minimum atomic E-state index is 0.582. The summed E-state index contributed by atoms with van der Waals surface area (Å²) in [5.41, 5.74) is 11.5. The van der Waals surface area contributed by atoms with E-state index in [9.17, 15) is 0 Å². The molecule has 0 bridgehead atoms. The Bertz CT molecular complexity index is 1030. The maximum atomic E-state index is 6.50. The van der Waals surface area contributed by atoms with Gasteiger partial charge in [0.1, 0.15) is 0 Å². The maximum absolute atomic E-state index is 6.50. The summed E-state index contributed by atoms with van der Waals surface area (Å²) in [5, 5.41) is 0. The molecular formula is C22H16BrN3. The average molecular weight is 402 g/mol. The number of rotatable bonds is 3. The van der Waals surface area contributed by atoms with Gasteiger partial charge in [-0.1, -0.05) is 88.7 Å². The second-order valence-corrected chi connectivity index (χ2v) is 6.81. The number of anilines is 1. The zero-order valence-electron chi connectivity index (χ0n) is 13.9. The van der Waals surface area contributed by atoms with Crippen LogP contribution in [0.3, 0.4) is 0 Å². The first-order chi connectivity index (χ1) is 12.7. The molecule has 0 aliphatic rings. The molecule has 2 N–H and O–H groups in total. The van der Waals surface area contributed by atoms with Gasteiger partial charge in [-0.25, -0.2) is 9.97 Å². The van der Waals surface area contributed by atoms with Crippen LogP contribution in [0.4, 0.5) is 5.69 Å². The van der Waals surface area contributed by atoms with Crippen LogP contribution in [0.1, 0.15) is 0 Å². The van der Waals surface area contributed by atoms with Gasteiger partial charge in [-0.15, -0.1) is 0 Å². The van der Waals surface area contributed by atoms with Gasteiger partial charge in [-0.05, 0) is 12.1 Å². The van der Waals surface area contributed by atoms with Crippen LogP contribution < -0.4 is 5.73 Å². The number of hydrogen-bond donors (Lipinski definition) is 1. The van der Waals surface area contributed by atoms with Crippen molar-refractivity contribution in [2.45, 2.75) is 0 Å². The lowest BCUT2D eigenvalue weighted by Crippen LogP contribution is -2.02. The van der Waals surface area contributed by atoms with E-state index in [4.69, 9.17) is 15.7 Å². The molecule has 126 valence electrons. The summed E-state index contributed by atoms with van der Waals surface area (Å²) in [4.78, 5) is 9.55. The predicted octanol–water partition coefficient (Wildman–Crippen LogP) is 5.82. The second kappa shape index (κ2) is 7.10. The predicted molar refractivity (Wildman–Crippen MR) is 110 cm³/mol. The molecule has 0 fully saturated rings. The van der Waals surface area contributed by atoms with Gasteiger partial charge in [0.2, 0.25) is 0 Å². The molecular weight excluding hydrogens is 386 g/mol. The first-order valence-corrected chi connectivity index (χ1v) is 9.06. The van der Waals surface area contributed by atoms with Crippen LogP contribution >= 0.6 is 15.9 Å². The Morgan fingerprint density at radius 1 is 0.577 bits per heavy atom. The molecule has 26 heavy (non-hydrogen) atoms. The van der Waals surface area contributed by atoms with Crippen molar-refractivity contribution in [3.63, 3.8) is 0 Å². The molecule has 4 aromatic rings. The average Bonchev–Trinajstić information content (AvgIpc) is 2.70. The molecule has 0 aliphatic carbocycles. The first-order valence-electron chi connectivity index (χ1n) is 8.26. The number of nitrogen functional groups attached to an aromatic ring is 1. The van der Waals surface area contributed by atoms with Gasteiger partial charge < -0.3 is 5.73 Å². The van der Waals surface area contributed by atoms with Gasteiger partial charge in [-0.3, -0.25) is 0 Å². The smallest absolute Gasteiger partial charge is 0.160 e. The van der Waals surface area contributed by atoms with Gasteiger partial charge in [0.15, 0.2) is 5.82 Å². The second-order valence-electron chi connectivity index (χ2n) is 5.90. The zero-order valence-corrected chi connectivity index (χ0v) is 15.5. The van der Waals surface area contributed by atoms with E-state index in [0.717, 1.165) is 32.6 Å². The number of nitrogens with two attached hydrogens (primary N) is 1. The summed E-state index contributed by atoms with van der Waals surface area (Å²) >= 11 is 3.47. The van der Waals surface area contributed by atoms with Crippen molar-refractivity contribution in [3.8, 4) is 33.9 Å². The van der Waals surface area contributed by atoms with Gasteiger partial charge in [-0.2, -0.15) is 0 Å². The lowest BCUT2D eigenvalue weighted by Gasteiger charge is -2.13. The summed E-state index contributed by atoms with van der Waals surface area (Å²) in [6.45, 7) is 0. The van der Waals surface area contributed by atoms with E-state index in [1.807, 2.05) is 84.9 Å². The molecule has 0 saturated heterocycles. The van der Waals surface area contributed by atoms with Gasteiger partial charge in [0.05, 0.1) is 17.1 Å². The normalized spacial score (nSPS) is 10.7. The van der Waals surface area contributed by atoms with Crippen molar-refractivity contribution in [3.05, 3.63) is 89.4 Å². The van der Waals surface area contributed by atoms with Crippen molar-refractivity contribution in [2.75, 3.05) is 5.73 Å². The molecule has 3 nitrogen and oxygen atoms in total. The van der Waals surface area contributed by atoms with Crippen LogP contribution in [0.5, 0.6) is 0 Å². The van der Waals surface area contributed by atoms with Crippen LogP contribution in [0.15, 0.2) is 89.4 Å². The maximum Gasteiger partial charge on any atom is 0.160 e. The highest BCUT2D eigenvalue weighted by Crippen LogP contribution is 2.34. The van der Waals surface area contributed by atoms with E-state index in [1.54, 1.807) is 0 Å². The molecule has 0 aliphatic heterocycles.